The number of carbonyl (C=O) groups excluding carboxylic acids is 1. The number of hydrogen-bond donors (Lipinski definition) is 1. The van der Waals surface area contributed by atoms with Gasteiger partial charge in [-0.05, 0) is 35.2 Å². The van der Waals surface area contributed by atoms with Crippen molar-refractivity contribution in [2.75, 3.05) is 11.9 Å². The van der Waals surface area contributed by atoms with Gasteiger partial charge in [-0.15, -0.1) is 0 Å². The van der Waals surface area contributed by atoms with Gasteiger partial charge >= 0.3 is 12.0 Å². The summed E-state index contributed by atoms with van der Waals surface area (Å²) in [5, 5.41) is 8.80. The van der Waals surface area contributed by atoms with Gasteiger partial charge in [-0.3, -0.25) is 9.69 Å². The molecule has 0 aliphatic carbocycles. The second kappa shape index (κ2) is 6.74. The number of nitrogens with zero attached hydrogens (tertiary/aromatic N) is 2. The molecule has 0 atom stereocenters. The van der Waals surface area contributed by atoms with Crippen LogP contribution in [0.4, 0.5) is 10.5 Å². The Labute approximate surface area is 141 Å². The molecule has 1 aliphatic rings. The molecule has 0 aromatic heterocycles. The molecule has 0 radical (unpaired) electrons. The van der Waals surface area contributed by atoms with E-state index in [2.05, 4.69) is 12.1 Å². The van der Waals surface area contributed by atoms with Crippen LogP contribution in [0.2, 0.25) is 0 Å². The average Bonchev–Trinajstić information content (AvgIpc) is 3.03. The highest BCUT2D eigenvalue weighted by molar-refractivity contribution is 5.91. The molecule has 0 unspecified atom stereocenters. The minimum Gasteiger partial charge on any atom is -0.481 e. The second-order valence-corrected chi connectivity index (χ2v) is 6.03. The summed E-state index contributed by atoms with van der Waals surface area (Å²) in [6.45, 7) is 1.25. The quantitative estimate of drug-likeness (QED) is 0.939. The van der Waals surface area contributed by atoms with Crippen molar-refractivity contribution < 1.29 is 14.7 Å². The number of carbonyl (C=O) groups is 2. The van der Waals surface area contributed by atoms with E-state index in [0.717, 1.165) is 11.3 Å². The van der Waals surface area contributed by atoms with Crippen LogP contribution in [-0.2, 0) is 24.3 Å². The predicted molar refractivity (Wildman–Crippen MR) is 91.9 cm³/mol. The van der Waals surface area contributed by atoms with E-state index < -0.39 is 5.97 Å². The van der Waals surface area contributed by atoms with E-state index in [0.29, 0.717) is 19.5 Å². The smallest absolute Gasteiger partial charge is 0.324 e. The molecule has 1 aliphatic heterocycles. The van der Waals surface area contributed by atoms with Gasteiger partial charge in [0.15, 0.2) is 0 Å². The summed E-state index contributed by atoms with van der Waals surface area (Å²) < 4.78 is 0. The van der Waals surface area contributed by atoms with Crippen LogP contribution in [-0.4, -0.2) is 29.1 Å². The third kappa shape index (κ3) is 3.40. The highest BCUT2D eigenvalue weighted by Gasteiger charge is 2.25. The van der Waals surface area contributed by atoms with Crippen LogP contribution in [0.5, 0.6) is 0 Å². The van der Waals surface area contributed by atoms with Crippen molar-refractivity contribution in [3.05, 3.63) is 65.2 Å². The van der Waals surface area contributed by atoms with Gasteiger partial charge in [0.1, 0.15) is 0 Å². The first-order chi connectivity index (χ1) is 11.5. The van der Waals surface area contributed by atoms with Gasteiger partial charge < -0.3 is 10.0 Å². The number of amides is 2. The minimum atomic E-state index is -0.820. The van der Waals surface area contributed by atoms with E-state index in [-0.39, 0.29) is 12.5 Å². The van der Waals surface area contributed by atoms with E-state index >= 15 is 0 Å². The van der Waals surface area contributed by atoms with Crippen LogP contribution in [0, 0.1) is 0 Å². The highest BCUT2D eigenvalue weighted by Crippen LogP contribution is 2.25. The first kappa shape index (κ1) is 16.1. The molecule has 2 aromatic carbocycles. The lowest BCUT2D eigenvalue weighted by molar-refractivity contribution is -0.136. The Balaban J connectivity index is 1.70. The van der Waals surface area contributed by atoms with Crippen LogP contribution in [0.15, 0.2) is 48.5 Å². The van der Waals surface area contributed by atoms with Crippen molar-refractivity contribution in [3.63, 3.8) is 0 Å². The molecule has 2 aromatic rings. The van der Waals surface area contributed by atoms with Gasteiger partial charge in [-0.25, -0.2) is 4.79 Å². The Morgan fingerprint density at radius 2 is 1.75 bits per heavy atom. The summed E-state index contributed by atoms with van der Waals surface area (Å²) in [5.74, 6) is -0.820. The maximum absolute atomic E-state index is 12.7. The van der Waals surface area contributed by atoms with Crippen molar-refractivity contribution in [3.8, 4) is 0 Å². The van der Waals surface area contributed by atoms with Crippen molar-refractivity contribution in [1.82, 2.24) is 4.90 Å². The molecule has 5 nitrogen and oxygen atoms in total. The number of aryl methyl sites for hydroxylation is 1. The van der Waals surface area contributed by atoms with Crippen LogP contribution in [0.1, 0.15) is 23.1 Å². The molecule has 0 saturated heterocycles. The fraction of sp³-hybridized carbons (Fsp3) is 0.263. The molecule has 0 fully saturated rings. The van der Waals surface area contributed by atoms with E-state index in [1.807, 2.05) is 41.3 Å². The number of hydrogen-bond acceptors (Lipinski definition) is 2. The molecule has 24 heavy (non-hydrogen) atoms. The standard InChI is InChI=1S/C19H20N2O3/c1-20(17-8-4-5-14(11-17)9-10-18(22)23)19(24)21-12-15-6-2-3-7-16(15)13-21/h2-8,11H,9-10,12-13H2,1H3,(H,22,23). The molecule has 0 spiro atoms. The first-order valence-electron chi connectivity index (χ1n) is 7.95. The number of urea groups is 1. The molecule has 0 bridgehead atoms. The molecular weight excluding hydrogens is 304 g/mol. The van der Waals surface area contributed by atoms with Crippen molar-refractivity contribution >= 4 is 17.7 Å². The normalized spacial score (nSPS) is 12.8. The lowest BCUT2D eigenvalue weighted by atomic mass is 10.1. The lowest BCUT2D eigenvalue weighted by Crippen LogP contribution is -2.38. The summed E-state index contributed by atoms with van der Waals surface area (Å²) >= 11 is 0. The van der Waals surface area contributed by atoms with Gasteiger partial charge in [0, 0.05) is 32.2 Å². The molecule has 5 heteroatoms. The molecular formula is C19H20N2O3. The van der Waals surface area contributed by atoms with E-state index in [1.165, 1.54) is 11.1 Å². The summed E-state index contributed by atoms with van der Waals surface area (Å²) in [4.78, 5) is 26.9. The number of fused-ring (bicyclic) bond motifs is 1. The number of carboxylic acid groups (broad SMARTS) is 1. The Bertz CT molecular complexity index is 748. The zero-order chi connectivity index (χ0) is 17.1. The Morgan fingerprint density at radius 3 is 2.38 bits per heavy atom. The van der Waals surface area contributed by atoms with Crippen LogP contribution in [0.3, 0.4) is 0 Å². The lowest BCUT2D eigenvalue weighted by Gasteiger charge is -2.24. The summed E-state index contributed by atoms with van der Waals surface area (Å²) in [5.41, 5.74) is 4.07. The van der Waals surface area contributed by atoms with Crippen molar-refractivity contribution in [2.24, 2.45) is 0 Å². The van der Waals surface area contributed by atoms with Crippen molar-refractivity contribution in [1.29, 1.82) is 0 Å². The van der Waals surface area contributed by atoms with Crippen molar-refractivity contribution in [2.45, 2.75) is 25.9 Å². The third-order valence-electron chi connectivity index (χ3n) is 4.32. The number of rotatable bonds is 4. The van der Waals surface area contributed by atoms with Gasteiger partial charge in [-0.1, -0.05) is 36.4 Å². The second-order valence-electron chi connectivity index (χ2n) is 6.03. The Morgan fingerprint density at radius 1 is 1.08 bits per heavy atom. The largest absolute Gasteiger partial charge is 0.481 e. The molecule has 1 heterocycles. The van der Waals surface area contributed by atoms with Crippen LogP contribution >= 0.6 is 0 Å². The first-order valence-corrected chi connectivity index (χ1v) is 7.95. The van der Waals surface area contributed by atoms with Gasteiger partial charge in [0.2, 0.25) is 0 Å². The number of carboxylic acids is 1. The third-order valence-corrected chi connectivity index (χ3v) is 4.32. The van der Waals surface area contributed by atoms with Crippen LogP contribution < -0.4 is 4.90 Å². The van der Waals surface area contributed by atoms with E-state index in [9.17, 15) is 9.59 Å². The molecule has 0 saturated carbocycles. The van der Waals surface area contributed by atoms with Gasteiger partial charge in [0.05, 0.1) is 0 Å². The summed E-state index contributed by atoms with van der Waals surface area (Å²) in [6, 6.07) is 15.5. The monoisotopic (exact) mass is 324 g/mol. The zero-order valence-corrected chi connectivity index (χ0v) is 13.6. The summed E-state index contributed by atoms with van der Waals surface area (Å²) in [6.07, 6.45) is 0.545. The summed E-state index contributed by atoms with van der Waals surface area (Å²) in [7, 11) is 1.75. The average molecular weight is 324 g/mol. The topological polar surface area (TPSA) is 60.9 Å². The van der Waals surface area contributed by atoms with Gasteiger partial charge in [-0.2, -0.15) is 0 Å². The van der Waals surface area contributed by atoms with Gasteiger partial charge in [0.25, 0.3) is 0 Å². The predicted octanol–water partition coefficient (Wildman–Crippen LogP) is 3.28. The fourth-order valence-corrected chi connectivity index (χ4v) is 2.96. The Hall–Kier alpha value is -2.82. The zero-order valence-electron chi connectivity index (χ0n) is 13.6. The number of benzene rings is 2. The number of aliphatic carboxylic acids is 1. The maximum Gasteiger partial charge on any atom is 0.324 e. The number of anilines is 1. The van der Waals surface area contributed by atoms with E-state index in [4.69, 9.17) is 5.11 Å². The molecule has 2 amide bonds. The maximum atomic E-state index is 12.7. The molecule has 1 N–H and O–H groups in total. The highest BCUT2D eigenvalue weighted by atomic mass is 16.4. The minimum absolute atomic E-state index is 0.0541. The molecule has 3 rings (SSSR count). The SMILES string of the molecule is CN(C(=O)N1Cc2ccccc2C1)c1cccc(CCC(=O)O)c1. The molecule has 124 valence electrons. The van der Waals surface area contributed by atoms with Crippen LogP contribution in [0.25, 0.3) is 0 Å². The van der Waals surface area contributed by atoms with E-state index in [1.54, 1.807) is 11.9 Å². The Kier molecular flexibility index (Phi) is 4.51. The fourth-order valence-electron chi connectivity index (χ4n) is 2.96.